The van der Waals surface area contributed by atoms with Crippen LogP contribution in [0.15, 0.2) is 72.9 Å². The maximum Gasteiger partial charge on any atom is 0.416 e. The number of alkyl halides is 3. The number of amides is 5. The third-order valence-electron chi connectivity index (χ3n) is 9.60. The summed E-state index contributed by atoms with van der Waals surface area (Å²) >= 11 is 7.23. The summed E-state index contributed by atoms with van der Waals surface area (Å²) in [5.41, 5.74) is 8.06. The van der Waals surface area contributed by atoms with Crippen LogP contribution >= 0.6 is 23.4 Å². The standard InChI is InChI=1S/C38H40ClF3N6O5S/c1-21-6-4-5-7-23(21)16-32-36(52)45-29(15-24-18-44-28-17-26(39)12-13-27(24)28)37(53)48(3)31(14-22-8-10-25(11-9-22)38(40,41)42)35(51)46-30(34(43)50)19-54-20-33(49)47(32)2/h4-13,17-18,29-32,44H,14-16,19-20H2,1-3H3,(H2,43,50)(H,45,52)(H,46,51)/t29-,30-,31-,32+/m0/s1. The van der Waals surface area contributed by atoms with E-state index < -0.39 is 65.4 Å². The molecule has 3 aromatic carbocycles. The van der Waals surface area contributed by atoms with E-state index in [1.165, 1.54) is 31.1 Å². The highest BCUT2D eigenvalue weighted by molar-refractivity contribution is 8.00. The number of benzene rings is 3. The summed E-state index contributed by atoms with van der Waals surface area (Å²) in [5, 5.41) is 6.65. The quantitative estimate of drug-likeness (QED) is 0.222. The van der Waals surface area contributed by atoms with Gasteiger partial charge >= 0.3 is 6.18 Å². The molecule has 1 fully saturated rings. The van der Waals surface area contributed by atoms with Crippen LogP contribution in [0, 0.1) is 6.92 Å². The zero-order valence-electron chi connectivity index (χ0n) is 29.7. The predicted molar refractivity (Wildman–Crippen MR) is 201 cm³/mol. The summed E-state index contributed by atoms with van der Waals surface area (Å²) in [7, 11) is 2.83. The molecule has 11 nitrogen and oxygen atoms in total. The molecule has 1 saturated heterocycles. The monoisotopic (exact) mass is 784 g/mol. The molecule has 1 aliphatic rings. The van der Waals surface area contributed by atoms with E-state index in [0.717, 1.165) is 45.3 Å². The number of aromatic nitrogens is 1. The Kier molecular flexibility index (Phi) is 12.6. The van der Waals surface area contributed by atoms with Gasteiger partial charge in [-0.25, -0.2) is 0 Å². The number of nitrogens with zero attached hydrogens (tertiary/aromatic N) is 2. The zero-order chi connectivity index (χ0) is 39.3. The van der Waals surface area contributed by atoms with E-state index in [2.05, 4.69) is 15.6 Å². The largest absolute Gasteiger partial charge is 0.416 e. The van der Waals surface area contributed by atoms with Gasteiger partial charge in [-0.3, -0.25) is 24.0 Å². The smallest absolute Gasteiger partial charge is 0.368 e. The molecule has 0 unspecified atom stereocenters. The highest BCUT2D eigenvalue weighted by atomic mass is 35.5. The number of primary amides is 1. The number of thioether (sulfide) groups is 1. The van der Waals surface area contributed by atoms with Crippen LogP contribution in [0.3, 0.4) is 0 Å². The van der Waals surface area contributed by atoms with Crippen molar-refractivity contribution in [2.24, 2.45) is 5.73 Å². The maximum atomic E-state index is 14.6. The Labute approximate surface area is 319 Å². The molecule has 0 radical (unpaired) electrons. The highest BCUT2D eigenvalue weighted by Crippen LogP contribution is 2.30. The summed E-state index contributed by atoms with van der Waals surface area (Å²) in [4.78, 5) is 74.6. The number of H-pyrrole nitrogens is 1. The fourth-order valence-corrected chi connectivity index (χ4v) is 7.48. The summed E-state index contributed by atoms with van der Waals surface area (Å²) in [6, 6.07) is 11.7. The number of hydrogen-bond donors (Lipinski definition) is 4. The summed E-state index contributed by atoms with van der Waals surface area (Å²) in [6.45, 7) is 1.88. The van der Waals surface area contributed by atoms with Gasteiger partial charge in [0.15, 0.2) is 0 Å². The fourth-order valence-electron chi connectivity index (χ4n) is 6.33. The number of nitrogens with two attached hydrogens (primary N) is 1. The summed E-state index contributed by atoms with van der Waals surface area (Å²) in [5.74, 6) is -3.74. The van der Waals surface area contributed by atoms with Crippen molar-refractivity contribution in [1.29, 1.82) is 0 Å². The van der Waals surface area contributed by atoms with Crippen LogP contribution in [-0.2, 0) is 49.4 Å². The molecule has 0 bridgehead atoms. The van der Waals surface area contributed by atoms with E-state index in [1.54, 1.807) is 24.4 Å². The first-order valence-electron chi connectivity index (χ1n) is 17.0. The average Bonchev–Trinajstić information content (AvgIpc) is 3.52. The molecule has 0 aliphatic carbocycles. The van der Waals surface area contributed by atoms with Gasteiger partial charge in [0.25, 0.3) is 0 Å². The second-order valence-electron chi connectivity index (χ2n) is 13.3. The number of hydrogen-bond acceptors (Lipinski definition) is 6. The van der Waals surface area contributed by atoms with Gasteiger partial charge in [-0.15, -0.1) is 11.8 Å². The normalized spacial score (nSPS) is 21.0. The minimum atomic E-state index is -4.59. The first-order valence-corrected chi connectivity index (χ1v) is 18.5. The number of carbonyl (C=O) groups is 5. The molecule has 1 aliphatic heterocycles. The van der Waals surface area contributed by atoms with Crippen LogP contribution in [0.4, 0.5) is 13.2 Å². The van der Waals surface area contributed by atoms with E-state index in [9.17, 15) is 37.1 Å². The van der Waals surface area contributed by atoms with Crippen LogP contribution in [0.1, 0.15) is 27.8 Å². The Morgan fingerprint density at radius 1 is 0.889 bits per heavy atom. The number of nitrogens with one attached hydrogen (secondary N) is 3. The first kappa shape index (κ1) is 40.2. The lowest BCUT2D eigenvalue weighted by atomic mass is 9.97. The van der Waals surface area contributed by atoms with Gasteiger partial charge in [0, 0.05) is 61.2 Å². The number of halogens is 4. The number of aryl methyl sites for hydroxylation is 1. The molecule has 2 heterocycles. The number of aromatic amines is 1. The van der Waals surface area contributed by atoms with Gasteiger partial charge in [0.2, 0.25) is 29.5 Å². The molecule has 5 rings (SSSR count). The van der Waals surface area contributed by atoms with Crippen molar-refractivity contribution < 1.29 is 37.1 Å². The third-order valence-corrected chi connectivity index (χ3v) is 10.9. The SMILES string of the molecule is Cc1ccccc1C[C@@H]1C(=O)N[C@@H](Cc2c[nH]c3cc(Cl)ccc23)C(=O)N(C)[C@@H](Cc2ccc(C(F)(F)F)cc2)C(=O)N[C@H](C(N)=O)CSCC(=O)N1C. The number of fused-ring (bicyclic) bond motifs is 1. The van der Waals surface area contributed by atoms with Gasteiger partial charge < -0.3 is 31.2 Å². The minimum Gasteiger partial charge on any atom is -0.368 e. The van der Waals surface area contributed by atoms with Crippen molar-refractivity contribution in [3.63, 3.8) is 0 Å². The Bertz CT molecular complexity index is 2040. The van der Waals surface area contributed by atoms with Crippen molar-refractivity contribution in [2.45, 2.75) is 56.5 Å². The molecule has 5 N–H and O–H groups in total. The van der Waals surface area contributed by atoms with Gasteiger partial charge in [0.05, 0.1) is 11.3 Å². The third kappa shape index (κ3) is 9.55. The number of likely N-dealkylation sites (N-methyl/N-ethyl adjacent to an activating group) is 2. The van der Waals surface area contributed by atoms with Gasteiger partial charge in [-0.1, -0.05) is 54.1 Å². The molecule has 0 spiro atoms. The Hall–Kier alpha value is -5.02. The van der Waals surface area contributed by atoms with Crippen molar-refractivity contribution in [1.82, 2.24) is 25.4 Å². The zero-order valence-corrected chi connectivity index (χ0v) is 31.3. The van der Waals surface area contributed by atoms with E-state index in [0.29, 0.717) is 21.7 Å². The van der Waals surface area contributed by atoms with Crippen molar-refractivity contribution in [2.75, 3.05) is 25.6 Å². The van der Waals surface area contributed by atoms with E-state index >= 15 is 0 Å². The van der Waals surface area contributed by atoms with Crippen LogP contribution in [0.2, 0.25) is 5.02 Å². The van der Waals surface area contributed by atoms with E-state index in [-0.39, 0.29) is 30.8 Å². The average molecular weight is 785 g/mol. The molecule has 4 atom stereocenters. The van der Waals surface area contributed by atoms with Crippen molar-refractivity contribution in [3.05, 3.63) is 106 Å². The Morgan fingerprint density at radius 3 is 2.22 bits per heavy atom. The molecule has 4 aromatic rings. The molecule has 1 aromatic heterocycles. The second kappa shape index (κ2) is 17.0. The van der Waals surface area contributed by atoms with Gasteiger partial charge in [-0.2, -0.15) is 13.2 Å². The molecular formula is C38H40ClF3N6O5S. The number of rotatable bonds is 7. The van der Waals surface area contributed by atoms with Crippen LogP contribution in [0.5, 0.6) is 0 Å². The van der Waals surface area contributed by atoms with Crippen LogP contribution in [0.25, 0.3) is 10.9 Å². The summed E-state index contributed by atoms with van der Waals surface area (Å²) in [6.07, 6.45) is -3.09. The Morgan fingerprint density at radius 2 is 1.56 bits per heavy atom. The molecule has 54 heavy (non-hydrogen) atoms. The lowest BCUT2D eigenvalue weighted by Crippen LogP contribution is -2.59. The summed E-state index contributed by atoms with van der Waals surface area (Å²) < 4.78 is 40.1. The second-order valence-corrected chi connectivity index (χ2v) is 14.7. The first-order chi connectivity index (χ1) is 25.5. The molecular weight excluding hydrogens is 745 g/mol. The number of carbonyl (C=O) groups excluding carboxylic acids is 5. The lowest BCUT2D eigenvalue weighted by Gasteiger charge is -2.33. The Balaban J connectivity index is 1.58. The maximum absolute atomic E-state index is 14.6. The topological polar surface area (TPSA) is 158 Å². The predicted octanol–water partition coefficient (Wildman–Crippen LogP) is 4.03. The van der Waals surface area contributed by atoms with Gasteiger partial charge in [0.1, 0.15) is 24.2 Å². The van der Waals surface area contributed by atoms with Crippen LogP contribution in [-0.4, -0.2) is 94.1 Å². The fraction of sp³-hybridized carbons (Fsp3) is 0.342. The molecule has 0 saturated carbocycles. The van der Waals surface area contributed by atoms with Gasteiger partial charge in [-0.05, 0) is 53.4 Å². The highest BCUT2D eigenvalue weighted by Gasteiger charge is 2.38. The van der Waals surface area contributed by atoms with E-state index in [4.69, 9.17) is 17.3 Å². The van der Waals surface area contributed by atoms with E-state index in [1.807, 2.05) is 31.2 Å². The van der Waals surface area contributed by atoms with Crippen molar-refractivity contribution >= 4 is 63.8 Å². The van der Waals surface area contributed by atoms with Crippen molar-refractivity contribution in [3.8, 4) is 0 Å². The molecule has 5 amide bonds. The molecule has 286 valence electrons. The lowest BCUT2D eigenvalue weighted by molar-refractivity contribution is -0.143. The molecule has 16 heteroatoms. The van der Waals surface area contributed by atoms with Crippen LogP contribution < -0.4 is 16.4 Å². The minimum absolute atomic E-state index is 0.0559.